The van der Waals surface area contributed by atoms with Crippen molar-refractivity contribution in [3.8, 4) is 0 Å². The highest BCUT2D eigenvalue weighted by molar-refractivity contribution is 5.85. The van der Waals surface area contributed by atoms with Gasteiger partial charge in [0, 0.05) is 13.2 Å². The standard InChI is InChI=1S/C17H24N2O2/c1-2-15-18-16(14-6-4-3-5-7-14)17(20)19(15)10-11-21-12-13-8-9-13/h3-7,13,15-16,18H,2,8-12H2,1H3. The Labute approximate surface area is 126 Å². The number of rotatable bonds is 7. The lowest BCUT2D eigenvalue weighted by atomic mass is 10.1. The van der Waals surface area contributed by atoms with E-state index in [9.17, 15) is 4.79 Å². The Hall–Kier alpha value is -1.39. The van der Waals surface area contributed by atoms with Crippen molar-refractivity contribution in [2.75, 3.05) is 19.8 Å². The monoisotopic (exact) mass is 288 g/mol. The quantitative estimate of drug-likeness (QED) is 0.783. The molecule has 2 unspecified atom stereocenters. The van der Waals surface area contributed by atoms with Gasteiger partial charge in [-0.15, -0.1) is 0 Å². The molecule has 114 valence electrons. The van der Waals surface area contributed by atoms with Crippen LogP contribution in [0.1, 0.15) is 37.8 Å². The lowest BCUT2D eigenvalue weighted by molar-refractivity contribution is -0.130. The molecule has 2 atom stereocenters. The minimum absolute atomic E-state index is 0.118. The van der Waals surface area contributed by atoms with Crippen LogP contribution >= 0.6 is 0 Å². The largest absolute Gasteiger partial charge is 0.379 e. The molecule has 1 aliphatic carbocycles. The van der Waals surface area contributed by atoms with E-state index >= 15 is 0 Å². The van der Waals surface area contributed by atoms with Crippen molar-refractivity contribution >= 4 is 5.91 Å². The first-order valence-electron chi connectivity index (χ1n) is 7.98. The number of hydrogen-bond acceptors (Lipinski definition) is 3. The molecule has 1 aromatic rings. The maximum atomic E-state index is 12.6. The molecule has 0 spiro atoms. The summed E-state index contributed by atoms with van der Waals surface area (Å²) in [4.78, 5) is 14.6. The number of hydrogen-bond donors (Lipinski definition) is 1. The van der Waals surface area contributed by atoms with Crippen molar-refractivity contribution in [1.82, 2.24) is 10.2 Å². The third-order valence-electron chi connectivity index (χ3n) is 4.31. The molecule has 3 rings (SSSR count). The highest BCUT2D eigenvalue weighted by Crippen LogP contribution is 2.29. The SMILES string of the molecule is CCC1NC(c2ccccc2)C(=O)N1CCOCC1CC1. The van der Waals surface area contributed by atoms with Crippen LogP contribution in [0.3, 0.4) is 0 Å². The van der Waals surface area contributed by atoms with Gasteiger partial charge in [0.25, 0.3) is 0 Å². The zero-order valence-electron chi connectivity index (χ0n) is 12.6. The minimum Gasteiger partial charge on any atom is -0.379 e. The van der Waals surface area contributed by atoms with Crippen LogP contribution in [-0.4, -0.2) is 36.7 Å². The van der Waals surface area contributed by atoms with Gasteiger partial charge in [0.1, 0.15) is 6.04 Å². The van der Waals surface area contributed by atoms with E-state index in [0.717, 1.165) is 24.5 Å². The summed E-state index contributed by atoms with van der Waals surface area (Å²) < 4.78 is 5.68. The summed E-state index contributed by atoms with van der Waals surface area (Å²) >= 11 is 0. The highest BCUT2D eigenvalue weighted by atomic mass is 16.5. The summed E-state index contributed by atoms with van der Waals surface area (Å²) in [6.07, 6.45) is 3.64. The predicted molar refractivity (Wildman–Crippen MR) is 81.7 cm³/mol. The topological polar surface area (TPSA) is 41.6 Å². The maximum absolute atomic E-state index is 12.6. The van der Waals surface area contributed by atoms with Gasteiger partial charge in [0.15, 0.2) is 0 Å². The first-order chi connectivity index (χ1) is 10.3. The molecule has 1 saturated carbocycles. The van der Waals surface area contributed by atoms with Gasteiger partial charge in [0.05, 0.1) is 12.8 Å². The maximum Gasteiger partial charge on any atom is 0.245 e. The van der Waals surface area contributed by atoms with E-state index in [1.165, 1.54) is 12.8 Å². The minimum atomic E-state index is -0.209. The zero-order chi connectivity index (χ0) is 14.7. The molecule has 2 aliphatic rings. The van der Waals surface area contributed by atoms with Crippen LogP contribution in [0.15, 0.2) is 30.3 Å². The highest BCUT2D eigenvalue weighted by Gasteiger charge is 2.38. The summed E-state index contributed by atoms with van der Waals surface area (Å²) in [7, 11) is 0. The van der Waals surface area contributed by atoms with Gasteiger partial charge < -0.3 is 9.64 Å². The molecule has 1 saturated heterocycles. The van der Waals surface area contributed by atoms with Crippen LogP contribution < -0.4 is 5.32 Å². The molecule has 0 aromatic heterocycles. The van der Waals surface area contributed by atoms with Crippen LogP contribution in [0.4, 0.5) is 0 Å². The second-order valence-corrected chi connectivity index (χ2v) is 5.98. The molecule has 4 heteroatoms. The first kappa shape index (κ1) is 14.5. The van der Waals surface area contributed by atoms with Crippen molar-refractivity contribution in [2.24, 2.45) is 5.92 Å². The lowest BCUT2D eigenvalue weighted by Crippen LogP contribution is -2.39. The molecule has 4 nitrogen and oxygen atoms in total. The summed E-state index contributed by atoms with van der Waals surface area (Å²) in [5, 5.41) is 3.44. The van der Waals surface area contributed by atoms with E-state index in [1.807, 2.05) is 35.2 Å². The molecule has 2 fully saturated rings. The normalized spacial score (nSPS) is 25.6. The molecule has 1 aromatic carbocycles. The average molecular weight is 288 g/mol. The number of nitrogens with one attached hydrogen (secondary N) is 1. The summed E-state index contributed by atoms with van der Waals surface area (Å²) in [6.45, 7) is 4.28. The number of amides is 1. The Bertz CT molecular complexity index is 473. The average Bonchev–Trinajstić information content (AvgIpc) is 3.29. The van der Waals surface area contributed by atoms with Crippen LogP contribution in [0.5, 0.6) is 0 Å². The Morgan fingerprint density at radius 3 is 2.71 bits per heavy atom. The van der Waals surface area contributed by atoms with Gasteiger partial charge in [-0.3, -0.25) is 10.1 Å². The molecule has 1 N–H and O–H groups in total. The van der Waals surface area contributed by atoms with Crippen molar-refractivity contribution in [3.63, 3.8) is 0 Å². The third kappa shape index (κ3) is 3.44. The molecule has 1 amide bonds. The second-order valence-electron chi connectivity index (χ2n) is 5.98. The van der Waals surface area contributed by atoms with Crippen LogP contribution in [-0.2, 0) is 9.53 Å². The van der Waals surface area contributed by atoms with Crippen molar-refractivity contribution in [2.45, 2.75) is 38.4 Å². The smallest absolute Gasteiger partial charge is 0.245 e. The fraction of sp³-hybridized carbons (Fsp3) is 0.588. The fourth-order valence-corrected chi connectivity index (χ4v) is 2.86. The number of ether oxygens (including phenoxy) is 1. The van der Waals surface area contributed by atoms with E-state index in [1.54, 1.807) is 0 Å². The number of nitrogens with zero attached hydrogens (tertiary/aromatic N) is 1. The molecule has 1 aliphatic heterocycles. The van der Waals surface area contributed by atoms with Gasteiger partial charge in [-0.05, 0) is 30.7 Å². The summed E-state index contributed by atoms with van der Waals surface area (Å²) in [5.74, 6) is 0.944. The molecule has 0 bridgehead atoms. The summed E-state index contributed by atoms with van der Waals surface area (Å²) in [6, 6.07) is 9.74. The zero-order valence-corrected chi connectivity index (χ0v) is 12.6. The van der Waals surface area contributed by atoms with Gasteiger partial charge in [-0.2, -0.15) is 0 Å². The van der Waals surface area contributed by atoms with E-state index in [2.05, 4.69) is 12.2 Å². The Morgan fingerprint density at radius 1 is 1.29 bits per heavy atom. The molecule has 0 radical (unpaired) electrons. The van der Waals surface area contributed by atoms with Gasteiger partial charge in [-0.1, -0.05) is 37.3 Å². The van der Waals surface area contributed by atoms with E-state index < -0.39 is 0 Å². The van der Waals surface area contributed by atoms with E-state index in [0.29, 0.717) is 13.2 Å². The van der Waals surface area contributed by atoms with Gasteiger partial charge >= 0.3 is 0 Å². The lowest BCUT2D eigenvalue weighted by Gasteiger charge is -2.22. The molecule has 21 heavy (non-hydrogen) atoms. The number of carbonyl (C=O) groups is 1. The summed E-state index contributed by atoms with van der Waals surface area (Å²) in [5.41, 5.74) is 1.04. The van der Waals surface area contributed by atoms with Gasteiger partial charge in [-0.25, -0.2) is 0 Å². The van der Waals surface area contributed by atoms with Crippen LogP contribution in [0.25, 0.3) is 0 Å². The Kier molecular flexibility index (Phi) is 4.56. The first-order valence-corrected chi connectivity index (χ1v) is 7.98. The van der Waals surface area contributed by atoms with Crippen molar-refractivity contribution in [1.29, 1.82) is 0 Å². The number of carbonyl (C=O) groups excluding carboxylic acids is 1. The van der Waals surface area contributed by atoms with E-state index in [4.69, 9.17) is 4.74 Å². The Balaban J connectivity index is 1.58. The fourth-order valence-electron chi connectivity index (χ4n) is 2.86. The Morgan fingerprint density at radius 2 is 2.05 bits per heavy atom. The number of benzene rings is 1. The molecular formula is C17H24N2O2. The molecule has 1 heterocycles. The predicted octanol–water partition coefficient (Wildman–Crippen LogP) is 2.32. The van der Waals surface area contributed by atoms with Crippen LogP contribution in [0.2, 0.25) is 0 Å². The van der Waals surface area contributed by atoms with Gasteiger partial charge in [0.2, 0.25) is 5.91 Å². The van der Waals surface area contributed by atoms with Crippen molar-refractivity contribution in [3.05, 3.63) is 35.9 Å². The van der Waals surface area contributed by atoms with E-state index in [-0.39, 0.29) is 18.1 Å². The van der Waals surface area contributed by atoms with Crippen molar-refractivity contribution < 1.29 is 9.53 Å². The van der Waals surface area contributed by atoms with Crippen LogP contribution in [0, 0.1) is 5.92 Å². The third-order valence-corrected chi connectivity index (χ3v) is 4.31. The second kappa shape index (κ2) is 6.58. The molecular weight excluding hydrogens is 264 g/mol.